The molecule has 3 aromatic rings. The maximum absolute atomic E-state index is 13.2. The first-order chi connectivity index (χ1) is 17.1. The van der Waals surface area contributed by atoms with Gasteiger partial charge in [-0.3, -0.25) is 9.52 Å². The fourth-order valence-corrected chi connectivity index (χ4v) is 6.24. The second kappa shape index (κ2) is 9.37. The Labute approximate surface area is 213 Å². The van der Waals surface area contributed by atoms with Gasteiger partial charge in [0.2, 0.25) is 0 Å². The van der Waals surface area contributed by atoms with Gasteiger partial charge in [0.05, 0.1) is 17.0 Å². The Hall–Kier alpha value is -3.16. The van der Waals surface area contributed by atoms with Gasteiger partial charge < -0.3 is 10.1 Å². The number of carbonyl (C=O) groups excluding carboxylic acids is 1. The highest BCUT2D eigenvalue weighted by atomic mass is 32.2. The van der Waals surface area contributed by atoms with Crippen LogP contribution in [0, 0.1) is 25.7 Å². The van der Waals surface area contributed by atoms with Crippen molar-refractivity contribution in [3.8, 4) is 0 Å². The largest absolute Gasteiger partial charge is 0.378 e. The van der Waals surface area contributed by atoms with Crippen molar-refractivity contribution in [1.82, 2.24) is 0 Å². The summed E-state index contributed by atoms with van der Waals surface area (Å²) >= 11 is 0. The first-order valence-electron chi connectivity index (χ1n) is 12.4. The summed E-state index contributed by atoms with van der Waals surface area (Å²) in [5.41, 5.74) is 6.23. The Kier molecular flexibility index (Phi) is 6.39. The van der Waals surface area contributed by atoms with E-state index in [1.807, 2.05) is 70.2 Å². The standard InChI is InChI=1S/C29H32N2O4S/c1-17(2)28(32)21-8-6-20(7-9-21)27-24-13-14-35-29(24)25-16-23(11-12-26(25)30-27)36(33,34)31-22-10-5-18(3)19(4)15-22/h5-12,15-17,24,27,29-31H,13-14H2,1-4H3/t24-,27+,29-/m0/s1. The highest BCUT2D eigenvalue weighted by Gasteiger charge is 2.42. The second-order valence-electron chi connectivity index (χ2n) is 10.2. The van der Waals surface area contributed by atoms with Crippen LogP contribution in [0.2, 0.25) is 0 Å². The molecular formula is C29H32N2O4S. The van der Waals surface area contributed by atoms with Crippen LogP contribution in [0.4, 0.5) is 11.4 Å². The second-order valence-corrected chi connectivity index (χ2v) is 11.8. The zero-order valence-corrected chi connectivity index (χ0v) is 21.9. The topological polar surface area (TPSA) is 84.5 Å². The Morgan fingerprint density at radius 3 is 2.44 bits per heavy atom. The summed E-state index contributed by atoms with van der Waals surface area (Å²) in [5, 5.41) is 3.62. The molecule has 1 saturated heterocycles. The summed E-state index contributed by atoms with van der Waals surface area (Å²) in [4.78, 5) is 12.6. The van der Waals surface area contributed by atoms with Crippen molar-refractivity contribution in [1.29, 1.82) is 0 Å². The van der Waals surface area contributed by atoms with E-state index in [2.05, 4.69) is 10.0 Å². The van der Waals surface area contributed by atoms with E-state index in [4.69, 9.17) is 4.74 Å². The lowest BCUT2D eigenvalue weighted by Crippen LogP contribution is -2.29. The number of sulfonamides is 1. The number of benzene rings is 3. The SMILES string of the molecule is Cc1ccc(NS(=O)(=O)c2ccc3c(c2)[C@H]2OCC[C@H]2[C@@H](c2ccc(C(=O)C(C)C)cc2)N3)cc1C. The predicted octanol–water partition coefficient (Wildman–Crippen LogP) is 6.19. The Morgan fingerprint density at radius 1 is 1.00 bits per heavy atom. The van der Waals surface area contributed by atoms with Crippen LogP contribution in [0.5, 0.6) is 0 Å². The van der Waals surface area contributed by atoms with E-state index in [9.17, 15) is 13.2 Å². The minimum Gasteiger partial charge on any atom is -0.378 e. The molecule has 0 unspecified atom stereocenters. The van der Waals surface area contributed by atoms with Crippen LogP contribution in [0.25, 0.3) is 0 Å². The van der Waals surface area contributed by atoms with E-state index in [0.29, 0.717) is 12.3 Å². The average Bonchev–Trinajstić information content (AvgIpc) is 3.35. The summed E-state index contributed by atoms with van der Waals surface area (Å²) in [7, 11) is -3.76. The molecular weight excluding hydrogens is 472 g/mol. The van der Waals surface area contributed by atoms with Gasteiger partial charge in [-0.15, -0.1) is 0 Å². The number of rotatable bonds is 6. The summed E-state index contributed by atoms with van der Waals surface area (Å²) in [6.45, 7) is 8.38. The van der Waals surface area contributed by atoms with Crippen molar-refractivity contribution in [3.63, 3.8) is 0 Å². The first kappa shape index (κ1) is 24.5. The molecule has 0 spiro atoms. The smallest absolute Gasteiger partial charge is 0.261 e. The number of fused-ring (bicyclic) bond motifs is 3. The van der Waals surface area contributed by atoms with Gasteiger partial charge in [-0.05, 0) is 67.3 Å². The minimum atomic E-state index is -3.76. The number of carbonyl (C=O) groups is 1. The van der Waals surface area contributed by atoms with Crippen molar-refractivity contribution >= 4 is 27.2 Å². The first-order valence-corrected chi connectivity index (χ1v) is 13.9. The molecule has 0 amide bonds. The molecule has 0 aromatic heterocycles. The molecule has 3 aromatic carbocycles. The van der Waals surface area contributed by atoms with Gasteiger partial charge in [-0.1, -0.05) is 44.2 Å². The molecule has 7 heteroatoms. The number of nitrogens with one attached hydrogen (secondary N) is 2. The molecule has 6 nitrogen and oxygen atoms in total. The lowest BCUT2D eigenvalue weighted by Gasteiger charge is -2.36. The minimum absolute atomic E-state index is 0.0179. The summed E-state index contributed by atoms with van der Waals surface area (Å²) in [6, 6.07) is 18.6. The number of hydrogen-bond acceptors (Lipinski definition) is 5. The quantitative estimate of drug-likeness (QED) is 0.391. The van der Waals surface area contributed by atoms with Crippen LogP contribution in [-0.4, -0.2) is 20.8 Å². The third-order valence-electron chi connectivity index (χ3n) is 7.35. The van der Waals surface area contributed by atoms with Crippen LogP contribution in [0.1, 0.15) is 65.0 Å². The van der Waals surface area contributed by atoms with Crippen LogP contribution in [0.15, 0.2) is 65.6 Å². The number of ether oxygens (including phenoxy) is 1. The summed E-state index contributed by atoms with van der Waals surface area (Å²) < 4.78 is 35.2. The number of aryl methyl sites for hydroxylation is 2. The molecule has 0 saturated carbocycles. The molecule has 2 heterocycles. The van der Waals surface area contributed by atoms with Gasteiger partial charge in [-0.2, -0.15) is 0 Å². The molecule has 3 atom stereocenters. The monoisotopic (exact) mass is 504 g/mol. The maximum Gasteiger partial charge on any atom is 0.261 e. The molecule has 2 aliphatic rings. The molecule has 36 heavy (non-hydrogen) atoms. The van der Waals surface area contributed by atoms with Crippen molar-refractivity contribution in [3.05, 3.63) is 88.5 Å². The Balaban J connectivity index is 1.43. The molecule has 2 aliphatic heterocycles. The normalized spacial score (nSPS) is 21.0. The van der Waals surface area contributed by atoms with Gasteiger partial charge >= 0.3 is 0 Å². The van der Waals surface area contributed by atoms with E-state index >= 15 is 0 Å². The van der Waals surface area contributed by atoms with Gasteiger partial charge in [0.15, 0.2) is 5.78 Å². The molecule has 5 rings (SSSR count). The van der Waals surface area contributed by atoms with Crippen molar-refractivity contribution in [2.75, 3.05) is 16.6 Å². The van der Waals surface area contributed by atoms with E-state index in [-0.39, 0.29) is 34.7 Å². The number of anilines is 2. The van der Waals surface area contributed by atoms with Crippen LogP contribution in [-0.2, 0) is 14.8 Å². The third-order valence-corrected chi connectivity index (χ3v) is 8.73. The average molecular weight is 505 g/mol. The van der Waals surface area contributed by atoms with Crippen LogP contribution >= 0.6 is 0 Å². The Morgan fingerprint density at radius 2 is 1.75 bits per heavy atom. The number of Topliss-reactive ketones (excluding diaryl/α,β-unsaturated/α-hetero) is 1. The van der Waals surface area contributed by atoms with Crippen molar-refractivity contribution in [2.24, 2.45) is 11.8 Å². The summed E-state index contributed by atoms with van der Waals surface area (Å²) in [5.74, 6) is 0.252. The molecule has 2 N–H and O–H groups in total. The van der Waals surface area contributed by atoms with E-state index in [1.54, 1.807) is 18.2 Å². The fraction of sp³-hybridized carbons (Fsp3) is 0.345. The van der Waals surface area contributed by atoms with Crippen LogP contribution < -0.4 is 10.0 Å². The molecule has 0 aliphatic carbocycles. The maximum atomic E-state index is 13.2. The van der Waals surface area contributed by atoms with Crippen molar-refractivity contribution < 1.29 is 17.9 Å². The third kappa shape index (κ3) is 4.53. The van der Waals surface area contributed by atoms with Gasteiger partial charge in [-0.25, -0.2) is 8.42 Å². The molecule has 1 fully saturated rings. The Bertz CT molecular complexity index is 1410. The highest BCUT2D eigenvalue weighted by Crippen LogP contribution is 2.50. The van der Waals surface area contributed by atoms with E-state index < -0.39 is 10.0 Å². The fourth-order valence-electron chi connectivity index (χ4n) is 5.15. The molecule has 0 bridgehead atoms. The zero-order chi connectivity index (χ0) is 25.6. The van der Waals surface area contributed by atoms with Gasteiger partial charge in [0.1, 0.15) is 0 Å². The van der Waals surface area contributed by atoms with Crippen LogP contribution in [0.3, 0.4) is 0 Å². The highest BCUT2D eigenvalue weighted by molar-refractivity contribution is 7.92. The van der Waals surface area contributed by atoms with E-state index in [1.165, 1.54) is 0 Å². The lowest BCUT2D eigenvalue weighted by atomic mass is 9.81. The lowest BCUT2D eigenvalue weighted by molar-refractivity contribution is 0.0827. The van der Waals surface area contributed by atoms with Gasteiger partial charge in [0.25, 0.3) is 10.0 Å². The van der Waals surface area contributed by atoms with Crippen molar-refractivity contribution in [2.45, 2.75) is 51.2 Å². The van der Waals surface area contributed by atoms with Gasteiger partial charge in [0, 0.05) is 40.9 Å². The molecule has 188 valence electrons. The number of hydrogen-bond donors (Lipinski definition) is 2. The molecule has 0 radical (unpaired) electrons. The predicted molar refractivity (Wildman–Crippen MR) is 142 cm³/mol. The number of ketones is 1. The summed E-state index contributed by atoms with van der Waals surface area (Å²) in [6.07, 6.45) is 0.673. The zero-order valence-electron chi connectivity index (χ0n) is 21.0. The van der Waals surface area contributed by atoms with E-state index in [0.717, 1.165) is 39.9 Å².